The Morgan fingerprint density at radius 3 is 2.43 bits per heavy atom. The molecule has 0 aliphatic carbocycles. The van der Waals surface area contributed by atoms with E-state index in [2.05, 4.69) is 5.10 Å². The van der Waals surface area contributed by atoms with Crippen molar-refractivity contribution >= 4 is 11.9 Å². The normalized spacial score (nSPS) is 10.5. The standard InChI is InChI=1S/C17H15F2N3O/c1-2-23-14-10-16(18)15(17(19)11-14)12-22(21-9-8-20)13-6-4-3-5-7-13/h3-7,9-11H,2,12H2,1H3/b21-9+. The van der Waals surface area contributed by atoms with Gasteiger partial charge in [0.05, 0.1) is 18.8 Å². The van der Waals surface area contributed by atoms with Crippen LogP contribution in [0, 0.1) is 23.0 Å². The lowest BCUT2D eigenvalue weighted by Gasteiger charge is -2.19. The lowest BCUT2D eigenvalue weighted by atomic mass is 10.1. The molecule has 0 aliphatic rings. The summed E-state index contributed by atoms with van der Waals surface area (Å²) < 4.78 is 33.4. The first-order chi connectivity index (χ1) is 11.2. The lowest BCUT2D eigenvalue weighted by molar-refractivity contribution is 0.335. The van der Waals surface area contributed by atoms with E-state index < -0.39 is 11.6 Å². The van der Waals surface area contributed by atoms with E-state index in [1.54, 1.807) is 37.3 Å². The van der Waals surface area contributed by atoms with E-state index in [1.807, 2.05) is 6.07 Å². The van der Waals surface area contributed by atoms with E-state index >= 15 is 0 Å². The first-order valence-electron chi connectivity index (χ1n) is 7.01. The maximum Gasteiger partial charge on any atom is 0.134 e. The van der Waals surface area contributed by atoms with Crippen molar-refractivity contribution < 1.29 is 13.5 Å². The van der Waals surface area contributed by atoms with Gasteiger partial charge in [0.25, 0.3) is 0 Å². The minimum atomic E-state index is -0.721. The molecule has 0 radical (unpaired) electrons. The Labute approximate surface area is 133 Å². The number of anilines is 1. The predicted octanol–water partition coefficient (Wildman–Crippen LogP) is 3.88. The van der Waals surface area contributed by atoms with Crippen LogP contribution in [0.5, 0.6) is 5.75 Å². The van der Waals surface area contributed by atoms with E-state index in [1.165, 1.54) is 5.01 Å². The average Bonchev–Trinajstić information content (AvgIpc) is 2.55. The molecule has 0 unspecified atom stereocenters. The van der Waals surface area contributed by atoms with Crippen molar-refractivity contribution in [2.45, 2.75) is 13.5 Å². The van der Waals surface area contributed by atoms with E-state index in [9.17, 15) is 8.78 Å². The minimum absolute atomic E-state index is 0.137. The molecule has 0 saturated heterocycles. The molecule has 0 aromatic heterocycles. The molecular formula is C17H15F2N3O. The molecule has 0 spiro atoms. The molecule has 6 heteroatoms. The molecule has 0 saturated carbocycles. The fourth-order valence-corrected chi connectivity index (χ4v) is 2.02. The maximum atomic E-state index is 14.2. The van der Waals surface area contributed by atoms with Crippen molar-refractivity contribution in [3.63, 3.8) is 0 Å². The molecule has 0 fully saturated rings. The molecule has 2 rings (SSSR count). The van der Waals surface area contributed by atoms with Gasteiger partial charge in [-0.1, -0.05) is 18.2 Å². The van der Waals surface area contributed by atoms with E-state index in [0.29, 0.717) is 12.3 Å². The summed E-state index contributed by atoms with van der Waals surface area (Å²) in [6, 6.07) is 12.9. The number of para-hydroxylation sites is 1. The Hall–Kier alpha value is -2.94. The molecule has 0 atom stereocenters. The van der Waals surface area contributed by atoms with Gasteiger partial charge in [-0.25, -0.2) is 8.78 Å². The largest absolute Gasteiger partial charge is 0.494 e. The molecule has 2 aromatic rings. The number of hydrogen-bond acceptors (Lipinski definition) is 4. The summed E-state index contributed by atoms with van der Waals surface area (Å²) in [6.45, 7) is 1.91. The van der Waals surface area contributed by atoms with Gasteiger partial charge >= 0.3 is 0 Å². The molecule has 118 valence electrons. The lowest BCUT2D eigenvalue weighted by Crippen LogP contribution is -2.18. The highest BCUT2D eigenvalue weighted by Gasteiger charge is 2.16. The molecule has 0 bridgehead atoms. The van der Waals surface area contributed by atoms with E-state index in [0.717, 1.165) is 18.3 Å². The van der Waals surface area contributed by atoms with Crippen LogP contribution < -0.4 is 9.75 Å². The highest BCUT2D eigenvalue weighted by atomic mass is 19.1. The van der Waals surface area contributed by atoms with Crippen LogP contribution in [0.25, 0.3) is 0 Å². The fourth-order valence-electron chi connectivity index (χ4n) is 2.02. The number of halogens is 2. The molecule has 0 amide bonds. The number of rotatable bonds is 6. The van der Waals surface area contributed by atoms with Crippen molar-refractivity contribution in [1.82, 2.24) is 0 Å². The van der Waals surface area contributed by atoms with Gasteiger partial charge in [-0.05, 0) is 19.1 Å². The smallest absolute Gasteiger partial charge is 0.134 e. The second-order valence-electron chi connectivity index (χ2n) is 4.57. The summed E-state index contributed by atoms with van der Waals surface area (Å²) in [6.07, 6.45) is 1.01. The Morgan fingerprint density at radius 1 is 1.22 bits per heavy atom. The number of hydrazone groups is 1. The van der Waals surface area contributed by atoms with Crippen LogP contribution in [0.1, 0.15) is 12.5 Å². The van der Waals surface area contributed by atoms with Crippen molar-refractivity contribution in [2.24, 2.45) is 5.10 Å². The second-order valence-corrected chi connectivity index (χ2v) is 4.57. The summed E-state index contributed by atoms with van der Waals surface area (Å²) in [5.74, 6) is -1.30. The minimum Gasteiger partial charge on any atom is -0.494 e. The monoisotopic (exact) mass is 315 g/mol. The van der Waals surface area contributed by atoms with Crippen LogP contribution in [0.3, 0.4) is 0 Å². The van der Waals surface area contributed by atoms with Gasteiger partial charge in [-0.2, -0.15) is 10.4 Å². The third-order valence-electron chi connectivity index (χ3n) is 3.04. The van der Waals surface area contributed by atoms with E-state index in [4.69, 9.17) is 10.00 Å². The molecule has 2 aromatic carbocycles. The zero-order valence-corrected chi connectivity index (χ0v) is 12.5. The third kappa shape index (κ3) is 4.27. The van der Waals surface area contributed by atoms with E-state index in [-0.39, 0.29) is 17.9 Å². The van der Waals surface area contributed by atoms with Crippen molar-refractivity contribution in [2.75, 3.05) is 11.6 Å². The van der Waals surface area contributed by atoms with Gasteiger partial charge in [0.2, 0.25) is 0 Å². The molecule has 0 aliphatic heterocycles. The summed E-state index contributed by atoms with van der Waals surface area (Å²) in [5, 5.41) is 13.9. The van der Waals surface area contributed by atoms with Gasteiger partial charge in [-0.15, -0.1) is 0 Å². The zero-order valence-electron chi connectivity index (χ0n) is 12.5. The van der Waals surface area contributed by atoms with Gasteiger partial charge in [0, 0.05) is 17.7 Å². The van der Waals surface area contributed by atoms with Gasteiger partial charge in [0.15, 0.2) is 0 Å². The topological polar surface area (TPSA) is 48.6 Å². The number of nitriles is 1. The molecule has 23 heavy (non-hydrogen) atoms. The number of benzene rings is 2. The van der Waals surface area contributed by atoms with Crippen LogP contribution in [0.4, 0.5) is 14.5 Å². The Balaban J connectivity index is 2.33. The average molecular weight is 315 g/mol. The zero-order chi connectivity index (χ0) is 16.7. The first-order valence-corrected chi connectivity index (χ1v) is 7.01. The van der Waals surface area contributed by atoms with Crippen molar-refractivity contribution in [1.29, 1.82) is 5.26 Å². The summed E-state index contributed by atoms with van der Waals surface area (Å²) in [5.41, 5.74) is 0.471. The molecule has 4 nitrogen and oxygen atoms in total. The maximum absolute atomic E-state index is 14.2. The highest BCUT2D eigenvalue weighted by Crippen LogP contribution is 2.24. The number of hydrogen-bond donors (Lipinski definition) is 0. The number of ether oxygens (including phenoxy) is 1. The third-order valence-corrected chi connectivity index (χ3v) is 3.04. The van der Waals surface area contributed by atoms with Crippen LogP contribution in [0.15, 0.2) is 47.6 Å². The van der Waals surface area contributed by atoms with Crippen molar-refractivity contribution in [3.8, 4) is 11.8 Å². The second kappa shape index (κ2) is 7.90. The Bertz CT molecular complexity index is 703. The quantitative estimate of drug-likeness (QED) is 0.600. The Morgan fingerprint density at radius 2 is 1.87 bits per heavy atom. The van der Waals surface area contributed by atoms with Crippen LogP contribution >= 0.6 is 0 Å². The van der Waals surface area contributed by atoms with Gasteiger partial charge < -0.3 is 4.74 Å². The van der Waals surface area contributed by atoms with Crippen LogP contribution in [-0.4, -0.2) is 12.8 Å². The Kier molecular flexibility index (Phi) is 5.64. The number of nitrogens with zero attached hydrogens (tertiary/aromatic N) is 3. The molecule has 0 N–H and O–H groups in total. The van der Waals surface area contributed by atoms with Crippen molar-refractivity contribution in [3.05, 3.63) is 59.7 Å². The molecule has 0 heterocycles. The van der Waals surface area contributed by atoms with Gasteiger partial charge in [0.1, 0.15) is 29.7 Å². The first kappa shape index (κ1) is 16.4. The SMILES string of the molecule is CCOc1cc(F)c(CN(/N=C/C#N)c2ccccc2)c(F)c1. The summed E-state index contributed by atoms with van der Waals surface area (Å²) in [7, 11) is 0. The van der Waals surface area contributed by atoms with Crippen LogP contribution in [0.2, 0.25) is 0 Å². The van der Waals surface area contributed by atoms with Gasteiger partial charge in [-0.3, -0.25) is 5.01 Å². The summed E-state index contributed by atoms with van der Waals surface area (Å²) >= 11 is 0. The van der Waals surface area contributed by atoms with Crippen LogP contribution in [-0.2, 0) is 6.54 Å². The summed E-state index contributed by atoms with van der Waals surface area (Å²) in [4.78, 5) is 0. The predicted molar refractivity (Wildman–Crippen MR) is 84.3 cm³/mol. The fraction of sp³-hybridized carbons (Fsp3) is 0.176. The highest BCUT2D eigenvalue weighted by molar-refractivity contribution is 5.76. The molecular weight excluding hydrogens is 300 g/mol.